The van der Waals surface area contributed by atoms with Gasteiger partial charge in [-0.3, -0.25) is 0 Å². The molecule has 61 heavy (non-hydrogen) atoms. The molecule has 0 amide bonds. The van der Waals surface area contributed by atoms with Gasteiger partial charge in [-0.25, -0.2) is 0 Å². The summed E-state index contributed by atoms with van der Waals surface area (Å²) in [6, 6.07) is 76.3. The van der Waals surface area contributed by atoms with Crippen molar-refractivity contribution in [3.63, 3.8) is 0 Å². The molecule has 11 rings (SSSR count). The van der Waals surface area contributed by atoms with Crippen LogP contribution in [0.3, 0.4) is 0 Å². The molecule has 0 aliphatic carbocycles. The van der Waals surface area contributed by atoms with Gasteiger partial charge >= 0.3 is 0 Å². The number of benzene rings is 11. The van der Waals surface area contributed by atoms with Gasteiger partial charge in [0.1, 0.15) is 0 Å². The van der Waals surface area contributed by atoms with Crippen LogP contribution in [0.2, 0.25) is 0 Å². The number of hydrogen-bond acceptors (Lipinski definition) is 1. The van der Waals surface area contributed by atoms with Crippen molar-refractivity contribution in [3.8, 4) is 55.6 Å². The van der Waals surface area contributed by atoms with E-state index in [1.165, 1.54) is 5.39 Å². The third-order valence-corrected chi connectivity index (χ3v) is 11.7. The molecule has 0 N–H and O–H groups in total. The van der Waals surface area contributed by atoms with Gasteiger partial charge in [0.15, 0.2) is 0 Å². The van der Waals surface area contributed by atoms with Crippen molar-refractivity contribution in [2.24, 2.45) is 0 Å². The zero-order valence-electron chi connectivity index (χ0n) is 37.3. The van der Waals surface area contributed by atoms with Gasteiger partial charge in [-0.2, -0.15) is 0 Å². The molecular formula is C60H41N. The summed E-state index contributed by atoms with van der Waals surface area (Å²) in [6.45, 7) is 0. The predicted molar refractivity (Wildman–Crippen MR) is 261 cm³/mol. The van der Waals surface area contributed by atoms with E-state index in [0.717, 1.165) is 71.4 Å². The molecule has 0 bridgehead atoms. The molecule has 0 heterocycles. The number of rotatable bonds is 8. The molecule has 0 spiro atoms. The van der Waals surface area contributed by atoms with Gasteiger partial charge in [-0.05, 0) is 136 Å². The van der Waals surface area contributed by atoms with E-state index in [-0.39, 0.29) is 35.4 Å². The fraction of sp³-hybridized carbons (Fsp3) is 0. The highest BCUT2D eigenvalue weighted by molar-refractivity contribution is 6.04. The summed E-state index contributed by atoms with van der Waals surface area (Å²) >= 11 is 0. The van der Waals surface area contributed by atoms with Crippen LogP contribution in [0.4, 0.5) is 17.1 Å². The van der Waals surface area contributed by atoms with Crippen LogP contribution in [0.25, 0.3) is 88.0 Å². The zero-order valence-corrected chi connectivity index (χ0v) is 33.3. The summed E-state index contributed by atoms with van der Waals surface area (Å²) < 4.78 is 38.3. The fourth-order valence-electron chi connectivity index (χ4n) is 8.58. The van der Waals surface area contributed by atoms with Crippen molar-refractivity contribution in [1.29, 1.82) is 0 Å². The lowest BCUT2D eigenvalue weighted by molar-refractivity contribution is 1.28. The number of hydrogen-bond donors (Lipinski definition) is 0. The Kier molecular flexibility index (Phi) is 8.18. The molecule has 11 aromatic carbocycles. The SMILES string of the molecule is [2H]c1c([2H])c(N(c2ccc(-c3c(-c4ccccc4)ccc4ccccc34)cc2)c2cccc(-c3ccc4ccccc4c3)c2)c([2H])c([2H])c1-c1ccc(-c2ccc3ccccc3c2)cc1. The van der Waals surface area contributed by atoms with Crippen LogP contribution >= 0.6 is 0 Å². The second kappa shape index (κ2) is 15.6. The zero-order chi connectivity index (χ0) is 44.0. The average molecular weight is 780 g/mol. The van der Waals surface area contributed by atoms with Gasteiger partial charge in [-0.15, -0.1) is 0 Å². The molecule has 0 saturated carbocycles. The van der Waals surface area contributed by atoms with Gasteiger partial charge in [-0.1, -0.05) is 200 Å². The highest BCUT2D eigenvalue weighted by atomic mass is 15.1. The molecule has 0 aliphatic rings. The first-order chi connectivity index (χ1) is 31.9. The topological polar surface area (TPSA) is 3.24 Å². The maximum Gasteiger partial charge on any atom is 0.0645 e. The Morgan fingerprint density at radius 1 is 0.262 bits per heavy atom. The van der Waals surface area contributed by atoms with Gasteiger partial charge in [0.05, 0.1) is 5.48 Å². The summed E-state index contributed by atoms with van der Waals surface area (Å²) in [4.78, 5) is 1.88. The van der Waals surface area contributed by atoms with E-state index in [2.05, 4.69) is 146 Å². The van der Waals surface area contributed by atoms with Crippen LogP contribution in [0.1, 0.15) is 5.48 Å². The van der Waals surface area contributed by atoms with Crippen molar-refractivity contribution in [1.82, 2.24) is 0 Å². The van der Waals surface area contributed by atoms with Crippen molar-refractivity contribution < 1.29 is 5.48 Å². The van der Waals surface area contributed by atoms with Crippen LogP contribution < -0.4 is 4.90 Å². The van der Waals surface area contributed by atoms with E-state index in [1.54, 1.807) is 0 Å². The first-order valence-electron chi connectivity index (χ1n) is 22.7. The van der Waals surface area contributed by atoms with Gasteiger partial charge < -0.3 is 4.90 Å². The highest BCUT2D eigenvalue weighted by Gasteiger charge is 2.17. The summed E-state index contributed by atoms with van der Waals surface area (Å²) in [5, 5.41) is 6.89. The largest absolute Gasteiger partial charge is 0.310 e. The van der Waals surface area contributed by atoms with E-state index in [9.17, 15) is 5.48 Å². The number of nitrogens with zero attached hydrogens (tertiary/aromatic N) is 1. The van der Waals surface area contributed by atoms with E-state index in [1.807, 2.05) is 83.8 Å². The lowest BCUT2D eigenvalue weighted by Crippen LogP contribution is -2.10. The Bertz CT molecular complexity index is 3550. The van der Waals surface area contributed by atoms with Crippen LogP contribution in [0, 0.1) is 0 Å². The average Bonchev–Trinajstić information content (AvgIpc) is 3.37. The molecule has 286 valence electrons. The summed E-state index contributed by atoms with van der Waals surface area (Å²) in [6.07, 6.45) is 0. The van der Waals surface area contributed by atoms with Crippen LogP contribution in [-0.2, 0) is 0 Å². The van der Waals surface area contributed by atoms with E-state index < -0.39 is 0 Å². The van der Waals surface area contributed by atoms with Crippen LogP contribution in [0.5, 0.6) is 0 Å². The molecule has 0 radical (unpaired) electrons. The number of anilines is 3. The van der Waals surface area contributed by atoms with E-state index in [4.69, 9.17) is 0 Å². The lowest BCUT2D eigenvalue weighted by atomic mass is 9.89. The standard InChI is InChI=1S/C60H41N/c1-2-13-47(14-3-1)59-38-33-48-15-8-9-20-58(48)60(59)49-31-36-56(37-32-49)61(57-19-10-18-52(41-57)54-28-26-43-12-5-7-17-51(43)40-54)55-34-29-45(30-35-55)44-21-23-46(24-22-44)53-27-25-42-11-4-6-16-50(42)39-53/h1-41H/i29D,30D,34D,35D. The van der Waals surface area contributed by atoms with Crippen LogP contribution in [-0.4, -0.2) is 0 Å². The third-order valence-electron chi connectivity index (χ3n) is 11.7. The van der Waals surface area contributed by atoms with Crippen LogP contribution in [0.15, 0.2) is 249 Å². The molecule has 1 heteroatoms. The quantitative estimate of drug-likeness (QED) is 0.148. The second-order valence-electron chi connectivity index (χ2n) is 15.4. The minimum atomic E-state index is -0.125. The van der Waals surface area contributed by atoms with Gasteiger partial charge in [0, 0.05) is 17.1 Å². The lowest BCUT2D eigenvalue weighted by Gasteiger charge is -2.27. The third kappa shape index (κ3) is 7.03. The normalized spacial score (nSPS) is 12.2. The molecule has 0 unspecified atom stereocenters. The molecular weight excluding hydrogens is 735 g/mol. The smallest absolute Gasteiger partial charge is 0.0645 e. The van der Waals surface area contributed by atoms with Crippen molar-refractivity contribution >= 4 is 49.4 Å². The molecule has 0 aliphatic heterocycles. The molecule has 1 nitrogen and oxygen atoms in total. The molecule has 0 saturated heterocycles. The summed E-state index contributed by atoms with van der Waals surface area (Å²) in [5.41, 5.74) is 10.9. The first-order valence-corrected chi connectivity index (χ1v) is 20.7. The molecule has 0 aromatic heterocycles. The Labute approximate surface area is 362 Å². The summed E-state index contributed by atoms with van der Waals surface area (Å²) in [7, 11) is 0. The Morgan fingerprint density at radius 2 is 0.754 bits per heavy atom. The fourth-order valence-corrected chi connectivity index (χ4v) is 8.58. The first kappa shape index (κ1) is 31.9. The molecule has 0 atom stereocenters. The van der Waals surface area contributed by atoms with Crippen molar-refractivity contribution in [2.75, 3.05) is 4.90 Å². The van der Waals surface area contributed by atoms with Gasteiger partial charge in [0.25, 0.3) is 0 Å². The molecule has 0 fully saturated rings. The predicted octanol–water partition coefficient (Wildman–Crippen LogP) is 17.0. The Hall–Kier alpha value is -8.00. The second-order valence-corrected chi connectivity index (χ2v) is 15.4. The maximum absolute atomic E-state index is 9.67. The minimum Gasteiger partial charge on any atom is -0.310 e. The Morgan fingerprint density at radius 3 is 1.43 bits per heavy atom. The highest BCUT2D eigenvalue weighted by Crippen LogP contribution is 2.42. The maximum atomic E-state index is 9.67. The summed E-state index contributed by atoms with van der Waals surface area (Å²) in [5.74, 6) is 0. The van der Waals surface area contributed by atoms with Crippen molar-refractivity contribution in [2.45, 2.75) is 0 Å². The number of fused-ring (bicyclic) bond motifs is 3. The van der Waals surface area contributed by atoms with Crippen molar-refractivity contribution in [3.05, 3.63) is 249 Å². The Balaban J connectivity index is 1.05. The van der Waals surface area contributed by atoms with E-state index >= 15 is 0 Å². The van der Waals surface area contributed by atoms with E-state index in [0.29, 0.717) is 16.9 Å². The monoisotopic (exact) mass is 779 g/mol. The molecule has 11 aromatic rings. The minimum absolute atomic E-state index is 0.102. The van der Waals surface area contributed by atoms with Gasteiger partial charge in [0.2, 0.25) is 0 Å².